The van der Waals surface area contributed by atoms with Crippen molar-refractivity contribution in [3.05, 3.63) is 88.5 Å². The Labute approximate surface area is 178 Å². The van der Waals surface area contributed by atoms with Gasteiger partial charge in [-0.1, -0.05) is 30.3 Å². The standard InChI is InChI=1S/C21H19N3O6S/c1-30-20-9-5-3-7-18(20)23-31(28,29)17-12-10-16(11-13-17)22-21(25)14-15-6-2-4-8-19(15)24(26)27/h2-13,23H,14H2,1H3,(H,22,25). The molecule has 1 amide bonds. The molecule has 0 aromatic heterocycles. The topological polar surface area (TPSA) is 128 Å². The lowest BCUT2D eigenvalue weighted by Gasteiger charge is -2.12. The van der Waals surface area contributed by atoms with Gasteiger partial charge < -0.3 is 10.1 Å². The number of hydrogen-bond acceptors (Lipinski definition) is 6. The molecule has 0 bridgehead atoms. The van der Waals surface area contributed by atoms with Gasteiger partial charge in [0.05, 0.1) is 29.0 Å². The second-order valence-corrected chi connectivity index (χ2v) is 8.12. The minimum atomic E-state index is -3.87. The summed E-state index contributed by atoms with van der Waals surface area (Å²) in [7, 11) is -2.43. The van der Waals surface area contributed by atoms with Crippen molar-refractivity contribution in [2.75, 3.05) is 17.1 Å². The number of methoxy groups -OCH3 is 1. The Balaban J connectivity index is 1.70. The number of nitrogens with one attached hydrogen (secondary N) is 2. The van der Waals surface area contributed by atoms with Crippen molar-refractivity contribution >= 4 is 33.0 Å². The maximum Gasteiger partial charge on any atom is 0.273 e. The molecule has 0 aliphatic heterocycles. The zero-order valence-corrected chi connectivity index (χ0v) is 17.3. The molecule has 0 unspecified atom stereocenters. The lowest BCUT2D eigenvalue weighted by Crippen LogP contribution is -2.16. The first-order chi connectivity index (χ1) is 14.8. The second kappa shape index (κ2) is 9.26. The molecule has 3 aromatic carbocycles. The van der Waals surface area contributed by atoms with Gasteiger partial charge in [0, 0.05) is 17.3 Å². The predicted molar refractivity (Wildman–Crippen MR) is 116 cm³/mol. The van der Waals surface area contributed by atoms with Crippen LogP contribution < -0.4 is 14.8 Å². The number of rotatable bonds is 8. The highest BCUT2D eigenvalue weighted by Crippen LogP contribution is 2.26. The maximum absolute atomic E-state index is 12.6. The number of carbonyl (C=O) groups is 1. The molecule has 0 heterocycles. The van der Waals surface area contributed by atoms with Crippen LogP contribution in [0, 0.1) is 10.1 Å². The molecule has 0 atom stereocenters. The van der Waals surface area contributed by atoms with E-state index < -0.39 is 20.9 Å². The van der Waals surface area contributed by atoms with Gasteiger partial charge in [-0.25, -0.2) is 8.42 Å². The average Bonchev–Trinajstić information content (AvgIpc) is 2.74. The van der Waals surface area contributed by atoms with Crippen LogP contribution in [0.4, 0.5) is 17.1 Å². The van der Waals surface area contributed by atoms with Crippen molar-refractivity contribution in [3.8, 4) is 5.75 Å². The SMILES string of the molecule is COc1ccccc1NS(=O)(=O)c1ccc(NC(=O)Cc2ccccc2[N+](=O)[O-])cc1. The fourth-order valence-corrected chi connectivity index (χ4v) is 3.94. The number of carbonyl (C=O) groups excluding carboxylic acids is 1. The Morgan fingerprint density at radius 2 is 1.65 bits per heavy atom. The molecule has 10 heteroatoms. The van der Waals surface area contributed by atoms with Gasteiger partial charge in [-0.05, 0) is 36.4 Å². The van der Waals surface area contributed by atoms with Crippen LogP contribution in [-0.4, -0.2) is 26.4 Å². The first-order valence-electron chi connectivity index (χ1n) is 9.08. The van der Waals surface area contributed by atoms with Gasteiger partial charge in [-0.2, -0.15) is 0 Å². The lowest BCUT2D eigenvalue weighted by molar-refractivity contribution is -0.385. The summed E-state index contributed by atoms with van der Waals surface area (Å²) in [6, 6.07) is 18.2. The lowest BCUT2D eigenvalue weighted by atomic mass is 10.1. The van der Waals surface area contributed by atoms with Gasteiger partial charge in [0.1, 0.15) is 5.75 Å². The fraction of sp³-hybridized carbons (Fsp3) is 0.0952. The number of nitrogens with zero attached hydrogens (tertiary/aromatic N) is 1. The number of hydrogen-bond donors (Lipinski definition) is 2. The smallest absolute Gasteiger partial charge is 0.273 e. The van der Waals surface area contributed by atoms with Crippen LogP contribution in [0.5, 0.6) is 5.75 Å². The maximum atomic E-state index is 12.6. The van der Waals surface area contributed by atoms with Gasteiger partial charge in [0.2, 0.25) is 5.91 Å². The third kappa shape index (κ3) is 5.37. The van der Waals surface area contributed by atoms with Crippen LogP contribution in [0.1, 0.15) is 5.56 Å². The Kier molecular flexibility index (Phi) is 6.51. The number of sulfonamides is 1. The van der Waals surface area contributed by atoms with Gasteiger partial charge in [-0.3, -0.25) is 19.6 Å². The Morgan fingerprint density at radius 1 is 1.00 bits per heavy atom. The monoisotopic (exact) mass is 441 g/mol. The Hall–Kier alpha value is -3.92. The van der Waals surface area contributed by atoms with E-state index in [0.29, 0.717) is 17.1 Å². The largest absolute Gasteiger partial charge is 0.495 e. The molecular formula is C21H19N3O6S. The number of amides is 1. The van der Waals surface area contributed by atoms with Crippen molar-refractivity contribution in [2.45, 2.75) is 11.3 Å². The summed E-state index contributed by atoms with van der Waals surface area (Å²) in [5.74, 6) is -0.0815. The summed E-state index contributed by atoms with van der Waals surface area (Å²) in [5, 5.41) is 13.7. The second-order valence-electron chi connectivity index (χ2n) is 6.44. The molecule has 2 N–H and O–H groups in total. The van der Waals surface area contributed by atoms with Crippen molar-refractivity contribution in [1.29, 1.82) is 0 Å². The van der Waals surface area contributed by atoms with Gasteiger partial charge in [0.25, 0.3) is 15.7 Å². The molecule has 0 radical (unpaired) electrons. The summed E-state index contributed by atoms with van der Waals surface area (Å²) in [5.41, 5.74) is 0.804. The molecular weight excluding hydrogens is 422 g/mol. The molecule has 9 nitrogen and oxygen atoms in total. The van der Waals surface area contributed by atoms with Crippen LogP contribution in [0.15, 0.2) is 77.7 Å². The molecule has 31 heavy (non-hydrogen) atoms. The van der Waals surface area contributed by atoms with E-state index in [-0.39, 0.29) is 22.6 Å². The number of benzene rings is 3. The first kappa shape index (κ1) is 21.8. The minimum absolute atomic E-state index is 0.00453. The quantitative estimate of drug-likeness (QED) is 0.406. The fourth-order valence-electron chi connectivity index (χ4n) is 2.87. The summed E-state index contributed by atoms with van der Waals surface area (Å²) < 4.78 is 32.9. The highest BCUT2D eigenvalue weighted by Gasteiger charge is 2.18. The summed E-state index contributed by atoms with van der Waals surface area (Å²) in [6.45, 7) is 0. The zero-order chi connectivity index (χ0) is 22.4. The number of nitro groups is 1. The van der Waals surface area contributed by atoms with E-state index in [2.05, 4.69) is 10.0 Å². The minimum Gasteiger partial charge on any atom is -0.495 e. The van der Waals surface area contributed by atoms with E-state index in [9.17, 15) is 23.3 Å². The van der Waals surface area contributed by atoms with Crippen molar-refractivity contribution in [1.82, 2.24) is 0 Å². The molecule has 0 aliphatic carbocycles. The highest BCUT2D eigenvalue weighted by molar-refractivity contribution is 7.92. The Bertz CT molecular complexity index is 1210. The van der Waals surface area contributed by atoms with E-state index in [1.54, 1.807) is 30.3 Å². The van der Waals surface area contributed by atoms with Crippen molar-refractivity contribution < 1.29 is 22.9 Å². The van der Waals surface area contributed by atoms with Crippen LogP contribution in [-0.2, 0) is 21.2 Å². The number of nitro benzene ring substituents is 1. The van der Waals surface area contributed by atoms with E-state index >= 15 is 0 Å². The summed E-state index contributed by atoms with van der Waals surface area (Å²) >= 11 is 0. The van der Waals surface area contributed by atoms with E-state index in [4.69, 9.17) is 4.74 Å². The van der Waals surface area contributed by atoms with Crippen molar-refractivity contribution in [2.24, 2.45) is 0 Å². The van der Waals surface area contributed by atoms with E-state index in [1.807, 2.05) is 0 Å². The van der Waals surface area contributed by atoms with Gasteiger partial charge in [-0.15, -0.1) is 0 Å². The van der Waals surface area contributed by atoms with E-state index in [0.717, 1.165) is 0 Å². The number of para-hydroxylation sites is 3. The molecule has 0 spiro atoms. The predicted octanol–water partition coefficient (Wildman–Crippen LogP) is 3.59. The van der Waals surface area contributed by atoms with Gasteiger partial charge >= 0.3 is 0 Å². The van der Waals surface area contributed by atoms with Crippen LogP contribution >= 0.6 is 0 Å². The van der Waals surface area contributed by atoms with Crippen LogP contribution in [0.2, 0.25) is 0 Å². The average molecular weight is 441 g/mol. The summed E-state index contributed by atoms with van der Waals surface area (Å²) in [4.78, 5) is 22.8. The number of ether oxygens (including phenoxy) is 1. The van der Waals surface area contributed by atoms with Crippen LogP contribution in [0.25, 0.3) is 0 Å². The number of anilines is 2. The third-order valence-electron chi connectivity index (χ3n) is 4.34. The van der Waals surface area contributed by atoms with Crippen LogP contribution in [0.3, 0.4) is 0 Å². The molecule has 0 saturated carbocycles. The zero-order valence-electron chi connectivity index (χ0n) is 16.4. The van der Waals surface area contributed by atoms with Crippen molar-refractivity contribution in [3.63, 3.8) is 0 Å². The highest BCUT2D eigenvalue weighted by atomic mass is 32.2. The molecule has 3 aromatic rings. The third-order valence-corrected chi connectivity index (χ3v) is 5.72. The normalized spacial score (nSPS) is 10.9. The molecule has 0 fully saturated rings. The first-order valence-corrected chi connectivity index (χ1v) is 10.6. The molecule has 3 rings (SSSR count). The molecule has 0 aliphatic rings. The Morgan fingerprint density at radius 3 is 2.32 bits per heavy atom. The molecule has 0 saturated heterocycles. The van der Waals surface area contributed by atoms with E-state index in [1.165, 1.54) is 49.6 Å². The van der Waals surface area contributed by atoms with Gasteiger partial charge in [0.15, 0.2) is 0 Å². The molecule has 160 valence electrons. The summed E-state index contributed by atoms with van der Waals surface area (Å²) in [6.07, 6.45) is -0.188.